The van der Waals surface area contributed by atoms with E-state index in [1.54, 1.807) is 22.9 Å². The molecule has 0 fully saturated rings. The summed E-state index contributed by atoms with van der Waals surface area (Å²) in [5, 5.41) is 15.8. The molecule has 1 aliphatic heterocycles. The number of anilines is 1. The predicted molar refractivity (Wildman–Crippen MR) is 135 cm³/mol. The van der Waals surface area contributed by atoms with Crippen molar-refractivity contribution in [3.8, 4) is 22.9 Å². The molecule has 180 valence electrons. The molecule has 35 heavy (non-hydrogen) atoms. The highest BCUT2D eigenvalue weighted by atomic mass is 19.1. The van der Waals surface area contributed by atoms with Gasteiger partial charge in [-0.25, -0.2) is 14.4 Å². The van der Waals surface area contributed by atoms with Crippen LogP contribution >= 0.6 is 0 Å². The fraction of sp³-hybridized carbons (Fsp3) is 0.296. The van der Waals surface area contributed by atoms with Gasteiger partial charge in [0.15, 0.2) is 11.3 Å². The average Bonchev–Trinajstić information content (AvgIpc) is 3.53. The highest BCUT2D eigenvalue weighted by Crippen LogP contribution is 2.32. The molecule has 2 aromatic heterocycles. The molecule has 0 amide bonds. The summed E-state index contributed by atoms with van der Waals surface area (Å²) in [7, 11) is 1.92. The van der Waals surface area contributed by atoms with Crippen LogP contribution in [0.1, 0.15) is 41.8 Å². The monoisotopic (exact) mass is 472 g/mol. The molecule has 7 nitrogen and oxygen atoms in total. The van der Waals surface area contributed by atoms with Gasteiger partial charge in [-0.15, -0.1) is 0 Å². The first-order valence-electron chi connectivity index (χ1n) is 11.8. The lowest BCUT2D eigenvalue weighted by Gasteiger charge is -2.14. The Morgan fingerprint density at radius 2 is 2.00 bits per heavy atom. The Morgan fingerprint density at radius 3 is 2.74 bits per heavy atom. The lowest BCUT2D eigenvalue weighted by atomic mass is 10.00. The van der Waals surface area contributed by atoms with Crippen molar-refractivity contribution in [1.29, 1.82) is 5.26 Å². The second-order valence-corrected chi connectivity index (χ2v) is 8.06. The fourth-order valence-electron chi connectivity index (χ4n) is 4.37. The third kappa shape index (κ3) is 4.68. The summed E-state index contributed by atoms with van der Waals surface area (Å²) in [5.41, 5.74) is 6.47. The fourth-order valence-corrected chi connectivity index (χ4v) is 4.37. The average molecular weight is 473 g/mol. The summed E-state index contributed by atoms with van der Waals surface area (Å²) >= 11 is 0. The minimum absolute atomic E-state index is 0.248. The molecule has 3 heterocycles. The third-order valence-corrected chi connectivity index (χ3v) is 5.93. The first-order valence-corrected chi connectivity index (χ1v) is 11.8. The number of nitriles is 1. The second-order valence-electron chi connectivity index (χ2n) is 8.06. The quantitative estimate of drug-likeness (QED) is 0.410. The van der Waals surface area contributed by atoms with Crippen molar-refractivity contribution in [1.82, 2.24) is 19.7 Å². The third-order valence-electron chi connectivity index (χ3n) is 5.93. The number of benzene rings is 2. The van der Waals surface area contributed by atoms with Crippen LogP contribution in [-0.2, 0) is 19.5 Å². The van der Waals surface area contributed by atoms with Crippen molar-refractivity contribution >= 4 is 11.6 Å². The number of aromatic nitrogens is 3. The van der Waals surface area contributed by atoms with Crippen LogP contribution in [0.15, 0.2) is 42.7 Å². The molecule has 8 heteroatoms. The Kier molecular flexibility index (Phi) is 7.28. The van der Waals surface area contributed by atoms with Crippen molar-refractivity contribution in [2.75, 3.05) is 19.0 Å². The van der Waals surface area contributed by atoms with Crippen molar-refractivity contribution in [2.24, 2.45) is 0 Å². The van der Waals surface area contributed by atoms with E-state index in [9.17, 15) is 9.65 Å². The molecule has 5 rings (SSSR count). The predicted octanol–water partition coefficient (Wildman–Crippen LogP) is 5.01. The zero-order valence-electron chi connectivity index (χ0n) is 20.4. The molecular weight excluding hydrogens is 443 g/mol. The molecule has 0 atom stereocenters. The Bertz CT molecular complexity index is 1410. The van der Waals surface area contributed by atoms with Crippen LogP contribution in [0.5, 0.6) is 5.75 Å². The number of ether oxygens (including phenoxy) is 1. The molecule has 0 spiro atoms. The molecule has 0 saturated heterocycles. The first kappa shape index (κ1) is 24.2. The van der Waals surface area contributed by atoms with Crippen molar-refractivity contribution in [3.63, 3.8) is 0 Å². The summed E-state index contributed by atoms with van der Waals surface area (Å²) in [4.78, 5) is 9.12. The van der Waals surface area contributed by atoms with Crippen molar-refractivity contribution in [3.05, 3.63) is 76.5 Å². The van der Waals surface area contributed by atoms with Gasteiger partial charge in [0.1, 0.15) is 17.6 Å². The van der Waals surface area contributed by atoms with Gasteiger partial charge in [-0.1, -0.05) is 32.0 Å². The number of fused-ring (bicyclic) bond motifs is 2. The van der Waals surface area contributed by atoms with Gasteiger partial charge in [-0.05, 0) is 42.8 Å². The van der Waals surface area contributed by atoms with E-state index in [4.69, 9.17) is 4.74 Å². The Labute approximate surface area is 204 Å². The molecule has 2 N–H and O–H groups in total. The van der Waals surface area contributed by atoms with Gasteiger partial charge >= 0.3 is 0 Å². The number of rotatable bonds is 6. The number of imidazole rings is 1. The van der Waals surface area contributed by atoms with Gasteiger partial charge in [0, 0.05) is 42.4 Å². The lowest BCUT2D eigenvalue weighted by Crippen LogP contribution is -2.10. The molecule has 1 aliphatic rings. The van der Waals surface area contributed by atoms with Crippen LogP contribution in [0.25, 0.3) is 16.8 Å². The van der Waals surface area contributed by atoms with Crippen LogP contribution in [0, 0.1) is 24.1 Å². The summed E-state index contributed by atoms with van der Waals surface area (Å²) in [5.74, 6) is 0.941. The van der Waals surface area contributed by atoms with Crippen molar-refractivity contribution in [2.45, 2.75) is 40.3 Å². The highest BCUT2D eigenvalue weighted by molar-refractivity contribution is 5.80. The maximum atomic E-state index is 14.6. The van der Waals surface area contributed by atoms with Gasteiger partial charge in [-0.3, -0.25) is 4.40 Å². The second kappa shape index (κ2) is 10.5. The highest BCUT2D eigenvalue weighted by Gasteiger charge is 2.20. The first-order chi connectivity index (χ1) is 17.1. The minimum Gasteiger partial charge on any atom is -0.493 e. The van der Waals surface area contributed by atoms with E-state index in [1.807, 2.05) is 27.8 Å². The Balaban J connectivity index is 0.00000141. The number of hydrogen-bond acceptors (Lipinski definition) is 6. The number of nitrogens with zero attached hydrogens (tertiary/aromatic N) is 4. The standard InChI is InChI=1S/C25H23FN6O.C2H6/c1-15-9-16(11-28-2)3-4-18(15)21-13-30-25(32-14-17(10-27)31-24(21)32)29-12-20-19-7-8-33-23(19)6-5-22(20)26;1-2/h3-6,9,13-14,28H,7-8,11-12H2,1-2H3,(H,29,30);1-2H3. The molecule has 4 aromatic rings. The van der Waals surface area contributed by atoms with E-state index in [0.29, 0.717) is 30.2 Å². The SMILES string of the molecule is CC.CNCc1ccc(-c2cnc(NCc3c(F)ccc4c3CCO4)n3cc(C#N)nc23)c(C)c1. The van der Waals surface area contributed by atoms with Gasteiger partial charge in [0.05, 0.1) is 12.8 Å². The number of halogens is 1. The topological polar surface area (TPSA) is 87.3 Å². The van der Waals surface area contributed by atoms with Gasteiger partial charge < -0.3 is 15.4 Å². The van der Waals surface area contributed by atoms with Crippen LogP contribution in [0.3, 0.4) is 0 Å². The molecule has 0 saturated carbocycles. The zero-order chi connectivity index (χ0) is 24.9. The molecule has 2 aromatic carbocycles. The van der Waals surface area contributed by atoms with Gasteiger partial charge in [0.25, 0.3) is 0 Å². The summed E-state index contributed by atoms with van der Waals surface area (Å²) in [6.07, 6.45) is 4.08. The van der Waals surface area contributed by atoms with E-state index in [1.165, 1.54) is 11.6 Å². The summed E-state index contributed by atoms with van der Waals surface area (Å²) in [6.45, 7) is 7.64. The van der Waals surface area contributed by atoms with Crippen LogP contribution in [0.2, 0.25) is 0 Å². The van der Waals surface area contributed by atoms with E-state index < -0.39 is 0 Å². The molecule has 0 radical (unpaired) electrons. The number of hydrogen-bond donors (Lipinski definition) is 2. The Morgan fingerprint density at radius 1 is 1.17 bits per heavy atom. The normalized spacial score (nSPS) is 11.9. The van der Waals surface area contributed by atoms with Gasteiger partial charge in [-0.2, -0.15) is 5.26 Å². The maximum absolute atomic E-state index is 14.6. The largest absolute Gasteiger partial charge is 0.493 e. The van der Waals surface area contributed by atoms with E-state index in [2.05, 4.69) is 44.9 Å². The van der Waals surface area contributed by atoms with E-state index >= 15 is 0 Å². The summed E-state index contributed by atoms with van der Waals surface area (Å²) < 4.78 is 21.9. The molecule has 0 bridgehead atoms. The maximum Gasteiger partial charge on any atom is 0.208 e. The van der Waals surface area contributed by atoms with E-state index in [-0.39, 0.29) is 18.1 Å². The molecule has 0 unspecified atom stereocenters. The molecular formula is C27H29FN6O. The van der Waals surface area contributed by atoms with E-state index in [0.717, 1.165) is 34.5 Å². The lowest BCUT2D eigenvalue weighted by molar-refractivity contribution is 0.356. The number of nitrogens with one attached hydrogen (secondary N) is 2. The summed E-state index contributed by atoms with van der Waals surface area (Å²) in [6, 6.07) is 11.5. The van der Waals surface area contributed by atoms with Crippen LogP contribution in [-0.4, -0.2) is 28.0 Å². The van der Waals surface area contributed by atoms with Crippen LogP contribution < -0.4 is 15.4 Å². The van der Waals surface area contributed by atoms with Crippen LogP contribution in [0.4, 0.5) is 10.3 Å². The molecule has 0 aliphatic carbocycles. The van der Waals surface area contributed by atoms with Gasteiger partial charge in [0.2, 0.25) is 5.95 Å². The van der Waals surface area contributed by atoms with Crippen molar-refractivity contribution < 1.29 is 9.13 Å². The zero-order valence-corrected chi connectivity index (χ0v) is 20.4. The Hall–Kier alpha value is -3.96. The number of aryl methyl sites for hydroxylation is 1. The minimum atomic E-state index is -0.278. The smallest absolute Gasteiger partial charge is 0.208 e.